The molecule has 2 aliphatic rings. The van der Waals surface area contributed by atoms with Crippen molar-refractivity contribution in [3.8, 4) is 17.2 Å². The molecule has 0 aromatic heterocycles. The molecule has 2 heterocycles. The average Bonchev–Trinajstić information content (AvgIpc) is 3.23. The standard InChI is InChI=1S/C22H28N4O3/c1-23-22(24-14-17-4-3-5-19(12-17)27-2)26-10-8-25(9-11-26)15-18-6-7-20-21(13-18)29-16-28-20/h3-7,12-13H,8-11,14-16H2,1-2H3,(H,23,24). The summed E-state index contributed by atoms with van der Waals surface area (Å²) in [5.41, 5.74) is 2.43. The summed E-state index contributed by atoms with van der Waals surface area (Å²) >= 11 is 0. The fraction of sp³-hybridized carbons (Fsp3) is 0.409. The summed E-state index contributed by atoms with van der Waals surface area (Å²) in [5, 5.41) is 3.47. The minimum atomic E-state index is 0.319. The van der Waals surface area contributed by atoms with Crippen LogP contribution >= 0.6 is 0 Å². The molecule has 154 valence electrons. The Balaban J connectivity index is 1.27. The highest BCUT2D eigenvalue weighted by Gasteiger charge is 2.21. The van der Waals surface area contributed by atoms with Crippen molar-refractivity contribution in [2.75, 3.05) is 47.1 Å². The zero-order valence-electron chi connectivity index (χ0n) is 17.1. The van der Waals surface area contributed by atoms with E-state index in [1.807, 2.05) is 31.3 Å². The lowest BCUT2D eigenvalue weighted by molar-refractivity contribution is 0.171. The molecule has 1 fully saturated rings. The quantitative estimate of drug-likeness (QED) is 0.618. The Hall–Kier alpha value is -2.93. The smallest absolute Gasteiger partial charge is 0.231 e. The Morgan fingerprint density at radius 3 is 2.66 bits per heavy atom. The molecule has 2 aromatic carbocycles. The van der Waals surface area contributed by atoms with E-state index >= 15 is 0 Å². The van der Waals surface area contributed by atoms with Gasteiger partial charge in [-0.25, -0.2) is 0 Å². The zero-order chi connectivity index (χ0) is 20.1. The second kappa shape index (κ2) is 9.05. The van der Waals surface area contributed by atoms with E-state index in [0.717, 1.165) is 62.5 Å². The lowest BCUT2D eigenvalue weighted by atomic mass is 10.1. The van der Waals surface area contributed by atoms with Gasteiger partial charge in [-0.3, -0.25) is 9.89 Å². The molecule has 7 heteroatoms. The molecule has 4 rings (SSSR count). The summed E-state index contributed by atoms with van der Waals surface area (Å²) in [7, 11) is 3.53. The van der Waals surface area contributed by atoms with Crippen LogP contribution in [0.15, 0.2) is 47.5 Å². The maximum Gasteiger partial charge on any atom is 0.231 e. The van der Waals surface area contributed by atoms with Gasteiger partial charge in [0.15, 0.2) is 17.5 Å². The monoisotopic (exact) mass is 396 g/mol. The topological polar surface area (TPSA) is 58.6 Å². The van der Waals surface area contributed by atoms with E-state index < -0.39 is 0 Å². The Labute approximate surface area is 171 Å². The third kappa shape index (κ3) is 4.74. The number of ether oxygens (including phenoxy) is 3. The lowest BCUT2D eigenvalue weighted by Gasteiger charge is -2.36. The van der Waals surface area contributed by atoms with Gasteiger partial charge in [0.05, 0.1) is 7.11 Å². The van der Waals surface area contributed by atoms with Crippen LogP contribution in [0.4, 0.5) is 0 Å². The highest BCUT2D eigenvalue weighted by atomic mass is 16.7. The van der Waals surface area contributed by atoms with E-state index in [0.29, 0.717) is 6.79 Å². The molecule has 2 aliphatic heterocycles. The number of piperazine rings is 1. The molecular weight excluding hydrogens is 368 g/mol. The first-order valence-electron chi connectivity index (χ1n) is 9.94. The predicted molar refractivity (Wildman–Crippen MR) is 113 cm³/mol. The van der Waals surface area contributed by atoms with Crippen LogP contribution in [0, 0.1) is 0 Å². The molecule has 1 saturated heterocycles. The number of benzene rings is 2. The van der Waals surface area contributed by atoms with E-state index in [4.69, 9.17) is 14.2 Å². The molecule has 2 aromatic rings. The Bertz CT molecular complexity index is 863. The minimum absolute atomic E-state index is 0.319. The van der Waals surface area contributed by atoms with Gasteiger partial charge < -0.3 is 24.4 Å². The number of fused-ring (bicyclic) bond motifs is 1. The molecule has 29 heavy (non-hydrogen) atoms. The SMILES string of the molecule is CN=C(NCc1cccc(OC)c1)N1CCN(Cc2ccc3c(c2)OCO3)CC1. The summed E-state index contributed by atoms with van der Waals surface area (Å²) < 4.78 is 16.2. The first-order valence-corrected chi connectivity index (χ1v) is 9.94. The van der Waals surface area contributed by atoms with Crippen molar-refractivity contribution in [3.63, 3.8) is 0 Å². The van der Waals surface area contributed by atoms with Gasteiger partial charge in [-0.05, 0) is 35.4 Å². The maximum absolute atomic E-state index is 5.49. The first-order chi connectivity index (χ1) is 14.2. The minimum Gasteiger partial charge on any atom is -0.497 e. The van der Waals surface area contributed by atoms with Crippen LogP contribution in [0.25, 0.3) is 0 Å². The Kier molecular flexibility index (Phi) is 6.05. The van der Waals surface area contributed by atoms with Crippen LogP contribution < -0.4 is 19.5 Å². The number of nitrogens with zero attached hydrogens (tertiary/aromatic N) is 3. The summed E-state index contributed by atoms with van der Waals surface area (Å²) in [5.74, 6) is 3.50. The number of hydrogen-bond acceptors (Lipinski definition) is 5. The van der Waals surface area contributed by atoms with Crippen molar-refractivity contribution < 1.29 is 14.2 Å². The van der Waals surface area contributed by atoms with Gasteiger partial charge in [0.1, 0.15) is 5.75 Å². The zero-order valence-corrected chi connectivity index (χ0v) is 17.1. The van der Waals surface area contributed by atoms with E-state index in [1.165, 1.54) is 11.1 Å². The van der Waals surface area contributed by atoms with Crippen LogP contribution in [0.2, 0.25) is 0 Å². The summed E-state index contributed by atoms with van der Waals surface area (Å²) in [6.07, 6.45) is 0. The second-order valence-electron chi connectivity index (χ2n) is 7.20. The van der Waals surface area contributed by atoms with Crippen molar-refractivity contribution >= 4 is 5.96 Å². The van der Waals surface area contributed by atoms with Crippen LogP contribution in [0.1, 0.15) is 11.1 Å². The lowest BCUT2D eigenvalue weighted by Crippen LogP contribution is -2.52. The van der Waals surface area contributed by atoms with E-state index in [1.54, 1.807) is 7.11 Å². The molecule has 0 bridgehead atoms. The molecule has 0 saturated carbocycles. The van der Waals surface area contributed by atoms with Crippen LogP contribution in [0.5, 0.6) is 17.2 Å². The van der Waals surface area contributed by atoms with E-state index in [9.17, 15) is 0 Å². The number of hydrogen-bond donors (Lipinski definition) is 1. The van der Waals surface area contributed by atoms with Crippen molar-refractivity contribution in [1.82, 2.24) is 15.1 Å². The van der Waals surface area contributed by atoms with Crippen LogP contribution in [-0.2, 0) is 13.1 Å². The van der Waals surface area contributed by atoms with Gasteiger partial charge in [-0.15, -0.1) is 0 Å². The normalized spacial score (nSPS) is 16.8. The number of methoxy groups -OCH3 is 1. The Morgan fingerprint density at radius 2 is 1.86 bits per heavy atom. The number of aliphatic imine (C=N–C) groups is 1. The summed E-state index contributed by atoms with van der Waals surface area (Å²) in [6.45, 7) is 5.84. The maximum atomic E-state index is 5.49. The molecule has 1 N–H and O–H groups in total. The van der Waals surface area contributed by atoms with Crippen molar-refractivity contribution in [3.05, 3.63) is 53.6 Å². The van der Waals surface area contributed by atoms with Gasteiger partial charge in [0.2, 0.25) is 6.79 Å². The first kappa shape index (κ1) is 19.4. The highest BCUT2D eigenvalue weighted by molar-refractivity contribution is 5.80. The predicted octanol–water partition coefficient (Wildman–Crippen LogP) is 2.32. The van der Waals surface area contributed by atoms with E-state index in [2.05, 4.69) is 38.3 Å². The third-order valence-corrected chi connectivity index (χ3v) is 5.31. The number of nitrogens with one attached hydrogen (secondary N) is 1. The third-order valence-electron chi connectivity index (χ3n) is 5.31. The molecule has 0 amide bonds. The van der Waals surface area contributed by atoms with Gasteiger partial charge in [0, 0.05) is 46.3 Å². The second-order valence-corrected chi connectivity index (χ2v) is 7.20. The molecule has 0 unspecified atom stereocenters. The number of rotatable bonds is 5. The van der Waals surface area contributed by atoms with Gasteiger partial charge in [0.25, 0.3) is 0 Å². The fourth-order valence-corrected chi connectivity index (χ4v) is 3.71. The molecule has 0 atom stereocenters. The summed E-state index contributed by atoms with van der Waals surface area (Å²) in [6, 6.07) is 14.3. The van der Waals surface area contributed by atoms with E-state index in [-0.39, 0.29) is 0 Å². The molecule has 0 radical (unpaired) electrons. The van der Waals surface area contributed by atoms with Crippen LogP contribution in [0.3, 0.4) is 0 Å². The molecular formula is C22H28N4O3. The van der Waals surface area contributed by atoms with Crippen molar-refractivity contribution in [2.45, 2.75) is 13.1 Å². The van der Waals surface area contributed by atoms with Crippen LogP contribution in [-0.4, -0.2) is 62.9 Å². The average molecular weight is 396 g/mol. The highest BCUT2D eigenvalue weighted by Crippen LogP contribution is 2.32. The Morgan fingerprint density at radius 1 is 1.03 bits per heavy atom. The van der Waals surface area contributed by atoms with Crippen molar-refractivity contribution in [2.24, 2.45) is 4.99 Å². The molecule has 0 spiro atoms. The summed E-state index contributed by atoms with van der Waals surface area (Å²) in [4.78, 5) is 9.25. The fourth-order valence-electron chi connectivity index (χ4n) is 3.71. The van der Waals surface area contributed by atoms with Crippen molar-refractivity contribution in [1.29, 1.82) is 0 Å². The number of guanidine groups is 1. The van der Waals surface area contributed by atoms with Gasteiger partial charge in [-0.2, -0.15) is 0 Å². The van der Waals surface area contributed by atoms with Gasteiger partial charge >= 0.3 is 0 Å². The van der Waals surface area contributed by atoms with Gasteiger partial charge in [-0.1, -0.05) is 18.2 Å². The molecule has 0 aliphatic carbocycles. The largest absolute Gasteiger partial charge is 0.497 e. The molecule has 7 nitrogen and oxygen atoms in total.